The summed E-state index contributed by atoms with van der Waals surface area (Å²) in [5.41, 5.74) is 1.49. The summed E-state index contributed by atoms with van der Waals surface area (Å²) in [6, 6.07) is 7.37. The third-order valence-corrected chi connectivity index (χ3v) is 3.81. The van der Waals surface area contributed by atoms with Gasteiger partial charge in [-0.05, 0) is 18.2 Å². The van der Waals surface area contributed by atoms with E-state index in [1.807, 2.05) is 12.1 Å². The topological polar surface area (TPSA) is 42.4 Å². The highest BCUT2D eigenvalue weighted by Gasteiger charge is 2.28. The average molecular weight is 315 g/mol. The maximum atomic E-state index is 10.1. The standard InChI is InChI=1S/C12H9BrClNO2/c13-9-5-17-12-8(11(9)16)3-6-1-2-7(14)4-10(6)15-12/h1-4,9,11,16H,5H2/t9-,11-/m1/s1. The first-order valence-electron chi connectivity index (χ1n) is 5.20. The van der Waals surface area contributed by atoms with Crippen LogP contribution < -0.4 is 4.74 Å². The zero-order valence-electron chi connectivity index (χ0n) is 8.73. The number of fused-ring (bicyclic) bond motifs is 2. The van der Waals surface area contributed by atoms with Crippen molar-refractivity contribution in [1.82, 2.24) is 4.98 Å². The third kappa shape index (κ3) is 1.90. The number of pyridine rings is 1. The zero-order chi connectivity index (χ0) is 12.0. The Morgan fingerprint density at radius 2 is 2.24 bits per heavy atom. The minimum Gasteiger partial charge on any atom is -0.476 e. The van der Waals surface area contributed by atoms with Crippen LogP contribution in [0.4, 0.5) is 0 Å². The smallest absolute Gasteiger partial charge is 0.219 e. The number of aliphatic hydroxyl groups is 1. The Labute approximate surface area is 112 Å². The predicted octanol–water partition coefficient (Wildman–Crippen LogP) is 3.08. The Hall–Kier alpha value is -0.840. The minimum atomic E-state index is -0.591. The lowest BCUT2D eigenvalue weighted by atomic mass is 10.0. The zero-order valence-corrected chi connectivity index (χ0v) is 11.1. The quantitative estimate of drug-likeness (QED) is 0.760. The van der Waals surface area contributed by atoms with Gasteiger partial charge in [-0.3, -0.25) is 0 Å². The SMILES string of the molecule is O[C@@H]1c2cc3ccc(Cl)cc3nc2OC[C@H]1Br. The third-order valence-electron chi connectivity index (χ3n) is 2.81. The molecular formula is C12H9BrClNO2. The molecule has 0 bridgehead atoms. The van der Waals surface area contributed by atoms with Gasteiger partial charge in [0.15, 0.2) is 0 Å². The fourth-order valence-corrected chi connectivity index (χ4v) is 2.49. The second kappa shape index (κ2) is 4.12. The summed E-state index contributed by atoms with van der Waals surface area (Å²) >= 11 is 9.29. The number of benzene rings is 1. The first-order valence-corrected chi connectivity index (χ1v) is 6.49. The van der Waals surface area contributed by atoms with E-state index in [9.17, 15) is 5.11 Å². The lowest BCUT2D eigenvalue weighted by molar-refractivity contribution is 0.122. The van der Waals surface area contributed by atoms with Gasteiger partial charge in [0.2, 0.25) is 5.88 Å². The summed E-state index contributed by atoms with van der Waals surface area (Å²) in [6.45, 7) is 0.410. The molecule has 1 aromatic heterocycles. The van der Waals surface area contributed by atoms with Gasteiger partial charge in [-0.15, -0.1) is 0 Å². The molecule has 2 atom stereocenters. The Morgan fingerprint density at radius 3 is 3.06 bits per heavy atom. The lowest BCUT2D eigenvalue weighted by Gasteiger charge is -2.25. The fraction of sp³-hybridized carbons (Fsp3) is 0.250. The predicted molar refractivity (Wildman–Crippen MR) is 69.9 cm³/mol. The lowest BCUT2D eigenvalue weighted by Crippen LogP contribution is -2.26. The molecule has 2 heterocycles. The number of hydrogen-bond donors (Lipinski definition) is 1. The van der Waals surface area contributed by atoms with E-state index < -0.39 is 6.10 Å². The van der Waals surface area contributed by atoms with Gasteiger partial charge in [0.05, 0.1) is 10.3 Å². The van der Waals surface area contributed by atoms with Gasteiger partial charge < -0.3 is 9.84 Å². The highest BCUT2D eigenvalue weighted by Crippen LogP contribution is 2.36. The van der Waals surface area contributed by atoms with Gasteiger partial charge in [0, 0.05) is 16.0 Å². The van der Waals surface area contributed by atoms with Crippen LogP contribution in [-0.2, 0) is 0 Å². The van der Waals surface area contributed by atoms with Gasteiger partial charge in [0.1, 0.15) is 12.7 Å². The van der Waals surface area contributed by atoms with Crippen molar-refractivity contribution in [3.63, 3.8) is 0 Å². The van der Waals surface area contributed by atoms with Crippen LogP contribution in [0.2, 0.25) is 5.02 Å². The van der Waals surface area contributed by atoms with E-state index in [4.69, 9.17) is 16.3 Å². The molecule has 2 aromatic rings. The van der Waals surface area contributed by atoms with Crippen LogP contribution in [0.1, 0.15) is 11.7 Å². The summed E-state index contributed by atoms with van der Waals surface area (Å²) in [4.78, 5) is 4.28. The summed E-state index contributed by atoms with van der Waals surface area (Å²) in [5.74, 6) is 0.489. The molecule has 0 amide bonds. The molecule has 0 fully saturated rings. The van der Waals surface area contributed by atoms with Crippen molar-refractivity contribution in [2.24, 2.45) is 0 Å². The molecule has 17 heavy (non-hydrogen) atoms. The summed E-state index contributed by atoms with van der Waals surface area (Å²) in [7, 11) is 0. The van der Waals surface area contributed by atoms with Gasteiger partial charge in [-0.2, -0.15) is 0 Å². The number of ether oxygens (including phenoxy) is 1. The molecule has 0 saturated carbocycles. The second-order valence-corrected chi connectivity index (χ2v) is 5.60. The second-order valence-electron chi connectivity index (χ2n) is 3.99. The van der Waals surface area contributed by atoms with Crippen molar-refractivity contribution in [1.29, 1.82) is 0 Å². The highest BCUT2D eigenvalue weighted by atomic mass is 79.9. The van der Waals surface area contributed by atoms with Crippen molar-refractivity contribution in [2.75, 3.05) is 6.61 Å². The molecule has 5 heteroatoms. The first-order chi connectivity index (χ1) is 8.15. The van der Waals surface area contributed by atoms with E-state index in [0.717, 1.165) is 10.9 Å². The molecule has 3 rings (SSSR count). The Morgan fingerprint density at radius 1 is 1.41 bits per heavy atom. The van der Waals surface area contributed by atoms with Crippen molar-refractivity contribution < 1.29 is 9.84 Å². The summed E-state index contributed by atoms with van der Waals surface area (Å²) < 4.78 is 5.49. The van der Waals surface area contributed by atoms with Crippen molar-refractivity contribution in [3.8, 4) is 5.88 Å². The van der Waals surface area contributed by atoms with E-state index in [1.165, 1.54) is 0 Å². The molecule has 3 nitrogen and oxygen atoms in total. The molecule has 1 aliphatic rings. The van der Waals surface area contributed by atoms with Crippen LogP contribution in [-0.4, -0.2) is 21.5 Å². The van der Waals surface area contributed by atoms with Crippen molar-refractivity contribution >= 4 is 38.4 Å². The maximum absolute atomic E-state index is 10.1. The Kier molecular flexibility index (Phi) is 2.73. The van der Waals surface area contributed by atoms with Gasteiger partial charge in [0.25, 0.3) is 0 Å². The van der Waals surface area contributed by atoms with E-state index >= 15 is 0 Å². The van der Waals surface area contributed by atoms with Gasteiger partial charge in [-0.1, -0.05) is 33.6 Å². The Bertz CT molecular complexity index is 590. The summed E-state index contributed by atoms with van der Waals surface area (Å²) in [6.07, 6.45) is -0.591. The van der Waals surface area contributed by atoms with Gasteiger partial charge in [-0.25, -0.2) is 4.98 Å². The molecule has 0 aliphatic carbocycles. The monoisotopic (exact) mass is 313 g/mol. The highest BCUT2D eigenvalue weighted by molar-refractivity contribution is 9.09. The van der Waals surface area contributed by atoms with E-state index in [1.54, 1.807) is 12.1 Å². The maximum Gasteiger partial charge on any atom is 0.219 e. The number of alkyl halides is 1. The molecule has 0 radical (unpaired) electrons. The molecule has 1 aromatic carbocycles. The van der Waals surface area contributed by atoms with E-state index in [0.29, 0.717) is 23.1 Å². The minimum absolute atomic E-state index is 0.0958. The number of rotatable bonds is 0. The van der Waals surface area contributed by atoms with Crippen LogP contribution in [0.5, 0.6) is 5.88 Å². The average Bonchev–Trinajstić information content (AvgIpc) is 2.32. The molecule has 0 spiro atoms. The molecule has 0 saturated heterocycles. The van der Waals surface area contributed by atoms with Crippen molar-refractivity contribution in [2.45, 2.75) is 10.9 Å². The number of halogens is 2. The first kappa shape index (κ1) is 11.3. The van der Waals surface area contributed by atoms with Crippen molar-refractivity contribution in [3.05, 3.63) is 34.9 Å². The van der Waals surface area contributed by atoms with Crippen LogP contribution in [0.15, 0.2) is 24.3 Å². The molecule has 1 aliphatic heterocycles. The molecule has 1 N–H and O–H groups in total. The van der Waals surface area contributed by atoms with E-state index in [2.05, 4.69) is 20.9 Å². The Balaban J connectivity index is 2.22. The molecule has 88 valence electrons. The number of aromatic nitrogens is 1. The normalized spacial score (nSPS) is 23.2. The van der Waals surface area contributed by atoms with Crippen LogP contribution >= 0.6 is 27.5 Å². The largest absolute Gasteiger partial charge is 0.476 e. The van der Waals surface area contributed by atoms with Crippen LogP contribution in [0.25, 0.3) is 10.9 Å². The fourth-order valence-electron chi connectivity index (χ4n) is 1.91. The number of nitrogens with zero attached hydrogens (tertiary/aromatic N) is 1. The molecule has 0 unspecified atom stereocenters. The molecular weight excluding hydrogens is 305 g/mol. The summed E-state index contributed by atoms with van der Waals surface area (Å²) in [5, 5.41) is 11.6. The van der Waals surface area contributed by atoms with Crippen LogP contribution in [0.3, 0.4) is 0 Å². The number of hydrogen-bond acceptors (Lipinski definition) is 3. The van der Waals surface area contributed by atoms with E-state index in [-0.39, 0.29) is 4.83 Å². The van der Waals surface area contributed by atoms with Gasteiger partial charge >= 0.3 is 0 Å². The number of aliphatic hydroxyl groups excluding tert-OH is 1. The van der Waals surface area contributed by atoms with Crippen LogP contribution in [0, 0.1) is 0 Å².